The molecule has 0 aromatic rings. The van der Waals surface area contributed by atoms with Crippen LogP contribution >= 0.6 is 0 Å². The minimum Gasteiger partial charge on any atom is -0.550 e. The summed E-state index contributed by atoms with van der Waals surface area (Å²) in [5.41, 5.74) is 0. The van der Waals surface area contributed by atoms with Crippen molar-refractivity contribution in [1.82, 2.24) is 0 Å². The number of carbonyl (C=O) groups is 2. The zero-order valence-corrected chi connectivity index (χ0v) is 32.3. The molecule has 0 fully saturated rings. The number of carboxylic acids is 2. The molecule has 0 saturated heterocycles. The number of aliphatic carboxylic acids is 2. The van der Waals surface area contributed by atoms with E-state index in [0.29, 0.717) is 12.8 Å². The Hall–Kier alpha value is -0.218. The fraction of sp³-hybridized carbons (Fsp3) is 0.944. The van der Waals surface area contributed by atoms with E-state index in [1.807, 2.05) is 0 Å². The van der Waals surface area contributed by atoms with E-state index in [2.05, 4.69) is 13.8 Å². The SMILES string of the molecule is CCCCCCCCCCCCCCCC(O)CC(=O)[O-].CCCCCCCCCCCCCCCC(O)CC(=O)[O-].[Pb+2]. The molecule has 254 valence electrons. The summed E-state index contributed by atoms with van der Waals surface area (Å²) in [5, 5.41) is 39.3. The van der Waals surface area contributed by atoms with Gasteiger partial charge in [0, 0.05) is 24.8 Å². The maximum atomic E-state index is 10.3. The zero-order valence-electron chi connectivity index (χ0n) is 28.4. The molecule has 0 aliphatic rings. The fourth-order valence-corrected chi connectivity index (χ4v) is 5.38. The van der Waals surface area contributed by atoms with Crippen molar-refractivity contribution in [3.05, 3.63) is 0 Å². The molecule has 43 heavy (non-hydrogen) atoms. The number of carbonyl (C=O) groups excluding carboxylic acids is 2. The van der Waals surface area contributed by atoms with Crippen LogP contribution in [0.3, 0.4) is 0 Å². The average molecular weight is 806 g/mol. The Morgan fingerprint density at radius 1 is 0.419 bits per heavy atom. The van der Waals surface area contributed by atoms with Crippen LogP contribution in [0.5, 0.6) is 0 Å². The van der Waals surface area contributed by atoms with Crippen molar-refractivity contribution in [1.29, 1.82) is 0 Å². The maximum Gasteiger partial charge on any atom is 2.00 e. The molecule has 2 unspecified atom stereocenters. The predicted octanol–water partition coefficient (Wildman–Crippen LogP) is 7.56. The molecule has 2 radical (unpaired) electrons. The molecule has 2 atom stereocenters. The summed E-state index contributed by atoms with van der Waals surface area (Å²) in [6.07, 6.45) is 33.0. The smallest absolute Gasteiger partial charge is 0.550 e. The largest absolute Gasteiger partial charge is 2.00 e. The van der Waals surface area contributed by atoms with Crippen molar-refractivity contribution in [3.8, 4) is 0 Å². The second kappa shape index (κ2) is 39.8. The van der Waals surface area contributed by atoms with Crippen molar-refractivity contribution in [3.63, 3.8) is 0 Å². The van der Waals surface area contributed by atoms with E-state index in [1.54, 1.807) is 0 Å². The monoisotopic (exact) mass is 806 g/mol. The molecule has 0 aromatic carbocycles. The number of unbranched alkanes of at least 4 members (excludes halogenated alkanes) is 24. The first-order valence-corrected chi connectivity index (χ1v) is 18.1. The molecular formula is C36H70O6Pb. The number of hydrogen-bond acceptors (Lipinski definition) is 6. The van der Waals surface area contributed by atoms with E-state index < -0.39 is 24.1 Å². The fourth-order valence-electron chi connectivity index (χ4n) is 5.38. The summed E-state index contributed by atoms with van der Waals surface area (Å²) < 4.78 is 0. The Morgan fingerprint density at radius 3 is 0.791 bits per heavy atom. The standard InChI is InChI=1S/2C18H36O3.Pb/c2*1-2-3-4-5-6-7-8-9-10-11-12-13-14-15-17(19)16-18(20)21;/h2*17,19H,2-16H2,1H3,(H,20,21);/q;;+2/p-2. The molecule has 6 nitrogen and oxygen atoms in total. The first-order chi connectivity index (χ1) is 20.3. The molecule has 0 rings (SSSR count). The van der Waals surface area contributed by atoms with Crippen LogP contribution in [-0.2, 0) is 9.59 Å². The first kappa shape index (κ1) is 47.2. The first-order valence-electron chi connectivity index (χ1n) is 18.1. The van der Waals surface area contributed by atoms with Crippen LogP contribution < -0.4 is 10.2 Å². The average Bonchev–Trinajstić information content (AvgIpc) is 2.93. The third-order valence-corrected chi connectivity index (χ3v) is 8.09. The summed E-state index contributed by atoms with van der Waals surface area (Å²) in [4.78, 5) is 20.5. The Balaban J connectivity index is -0.000000727. The van der Waals surface area contributed by atoms with E-state index in [-0.39, 0.29) is 40.1 Å². The molecule has 0 aromatic heterocycles. The van der Waals surface area contributed by atoms with E-state index in [9.17, 15) is 30.0 Å². The summed E-state index contributed by atoms with van der Waals surface area (Å²) in [5.74, 6) is -2.31. The van der Waals surface area contributed by atoms with Gasteiger partial charge >= 0.3 is 27.3 Å². The van der Waals surface area contributed by atoms with Crippen LogP contribution in [0.1, 0.15) is 206 Å². The van der Waals surface area contributed by atoms with Crippen molar-refractivity contribution in [2.24, 2.45) is 0 Å². The van der Waals surface area contributed by atoms with Crippen LogP contribution in [0.25, 0.3) is 0 Å². The summed E-state index contributed by atoms with van der Waals surface area (Å²) in [6.45, 7) is 4.51. The van der Waals surface area contributed by atoms with Gasteiger partial charge in [0.1, 0.15) is 0 Å². The molecular weight excluding hydrogens is 736 g/mol. The predicted molar refractivity (Wildman–Crippen MR) is 178 cm³/mol. The summed E-state index contributed by atoms with van der Waals surface area (Å²) >= 11 is 0. The molecule has 0 aliphatic heterocycles. The summed E-state index contributed by atoms with van der Waals surface area (Å²) in [6, 6.07) is 0. The maximum absolute atomic E-state index is 10.3. The minimum absolute atomic E-state index is 0. The third-order valence-electron chi connectivity index (χ3n) is 8.09. The van der Waals surface area contributed by atoms with Gasteiger partial charge in [-0.1, -0.05) is 181 Å². The molecule has 0 amide bonds. The number of aliphatic hydroxyl groups excluding tert-OH is 2. The second-order valence-electron chi connectivity index (χ2n) is 12.5. The van der Waals surface area contributed by atoms with Crippen LogP contribution in [-0.4, -0.2) is 61.7 Å². The molecule has 0 spiro atoms. The van der Waals surface area contributed by atoms with Crippen molar-refractivity contribution >= 4 is 39.2 Å². The van der Waals surface area contributed by atoms with Crippen molar-refractivity contribution in [2.75, 3.05) is 0 Å². The van der Waals surface area contributed by atoms with Crippen LogP contribution in [0.15, 0.2) is 0 Å². The van der Waals surface area contributed by atoms with E-state index >= 15 is 0 Å². The van der Waals surface area contributed by atoms with Gasteiger partial charge in [-0.3, -0.25) is 0 Å². The Kier molecular flexibility index (Phi) is 43.7. The molecule has 0 heterocycles. The van der Waals surface area contributed by atoms with Crippen molar-refractivity contribution < 1.29 is 30.0 Å². The minimum atomic E-state index is -1.16. The molecule has 7 heteroatoms. The van der Waals surface area contributed by atoms with Gasteiger partial charge < -0.3 is 30.0 Å². The molecule has 0 aliphatic carbocycles. The molecule has 0 saturated carbocycles. The molecule has 2 N–H and O–H groups in total. The number of hydrogen-bond donors (Lipinski definition) is 2. The van der Waals surface area contributed by atoms with Gasteiger partial charge in [-0.15, -0.1) is 0 Å². The van der Waals surface area contributed by atoms with Gasteiger partial charge in [-0.2, -0.15) is 0 Å². The quantitative estimate of drug-likeness (QED) is 0.0535. The zero-order chi connectivity index (χ0) is 31.5. The topological polar surface area (TPSA) is 121 Å². The summed E-state index contributed by atoms with van der Waals surface area (Å²) in [7, 11) is 0. The van der Waals surface area contributed by atoms with Crippen LogP contribution in [0, 0.1) is 0 Å². The van der Waals surface area contributed by atoms with E-state index in [0.717, 1.165) is 25.7 Å². The number of rotatable bonds is 32. The van der Waals surface area contributed by atoms with E-state index in [4.69, 9.17) is 0 Å². The van der Waals surface area contributed by atoms with Gasteiger partial charge in [-0.25, -0.2) is 0 Å². The Morgan fingerprint density at radius 2 is 0.605 bits per heavy atom. The molecule has 0 bridgehead atoms. The van der Waals surface area contributed by atoms with Crippen molar-refractivity contribution in [2.45, 2.75) is 219 Å². The number of carboxylic acid groups (broad SMARTS) is 2. The Bertz CT molecular complexity index is 512. The van der Waals surface area contributed by atoms with E-state index in [1.165, 1.54) is 141 Å². The normalized spacial score (nSPS) is 12.2. The van der Waals surface area contributed by atoms with Gasteiger partial charge in [-0.05, 0) is 12.8 Å². The van der Waals surface area contributed by atoms with Gasteiger partial charge in [0.05, 0.1) is 12.2 Å². The van der Waals surface area contributed by atoms with Crippen LogP contribution in [0.2, 0.25) is 0 Å². The van der Waals surface area contributed by atoms with Crippen LogP contribution in [0.4, 0.5) is 0 Å². The van der Waals surface area contributed by atoms with Gasteiger partial charge in [0.2, 0.25) is 0 Å². The third kappa shape index (κ3) is 46.3. The Labute approximate surface area is 286 Å². The second-order valence-corrected chi connectivity index (χ2v) is 12.5. The van der Waals surface area contributed by atoms with Gasteiger partial charge in [0.15, 0.2) is 0 Å². The number of aliphatic hydroxyl groups is 2. The van der Waals surface area contributed by atoms with Gasteiger partial charge in [0.25, 0.3) is 0 Å².